The molecule has 0 rings (SSSR count). The van der Waals surface area contributed by atoms with E-state index < -0.39 is 26.7 Å². The van der Waals surface area contributed by atoms with Crippen molar-refractivity contribution in [2.45, 2.75) is 17.9 Å². The first-order chi connectivity index (χ1) is 6.06. The van der Waals surface area contributed by atoms with Gasteiger partial charge in [0, 0.05) is 6.42 Å². The summed E-state index contributed by atoms with van der Waals surface area (Å²) >= 11 is 0. The van der Waals surface area contributed by atoms with Gasteiger partial charge in [0.15, 0.2) is 0 Å². The molecule has 8 nitrogen and oxygen atoms in total. The molecule has 94 valence electrons. The maximum absolute atomic E-state index is 10.7. The second-order valence-electron chi connectivity index (χ2n) is 2.75. The quantitative estimate of drug-likeness (QED) is 0.211. The monoisotopic (exact) mass is 345 g/mol. The zero-order valence-electron chi connectivity index (χ0n) is 15.1. The molecule has 0 unspecified atom stereocenters. The maximum Gasteiger partial charge on any atom is 1.00 e. The van der Waals surface area contributed by atoms with Crippen molar-refractivity contribution >= 4 is 15.2 Å². The first kappa shape index (κ1) is 33.7. The van der Waals surface area contributed by atoms with Crippen molar-refractivity contribution in [2.75, 3.05) is 6.54 Å². The molecule has 0 fully saturated rings. The normalized spacial score (nSPS) is 11.2. The van der Waals surface area contributed by atoms with Gasteiger partial charge in [0.05, 0.1) is 0 Å². The molecule has 0 saturated carbocycles. The van der Waals surface area contributed by atoms with Crippen LogP contribution in [-0.4, -0.2) is 36.3 Å². The van der Waals surface area contributed by atoms with Crippen molar-refractivity contribution in [1.29, 1.82) is 0 Å². The summed E-state index contributed by atoms with van der Waals surface area (Å²) in [6.45, 7) is -0.0394. The Balaban J connectivity index is -0.0000000302. The van der Waals surface area contributed by atoms with Crippen LogP contribution in [0.5, 0.6) is 0 Å². The summed E-state index contributed by atoms with van der Waals surface area (Å²) in [5.41, 5.74) is 5.01. The molecule has 0 bridgehead atoms. The van der Waals surface area contributed by atoms with Gasteiger partial charge in [-0.1, -0.05) is 0 Å². The van der Waals surface area contributed by atoms with Gasteiger partial charge in [-0.05, 0) is 13.0 Å². The first-order valence-corrected chi connectivity index (χ1v) is 6.82. The predicted octanol–water partition coefficient (Wildman–Crippen LogP) is -12.8. The molecule has 18 heavy (non-hydrogen) atoms. The van der Waals surface area contributed by atoms with E-state index in [-0.39, 0.29) is 137 Å². The average molecular weight is 345 g/mol. The molecule has 0 aliphatic carbocycles. The van der Waals surface area contributed by atoms with E-state index in [9.17, 15) is 14.2 Å². The fraction of sp³-hybridized carbons (Fsp3) is 1.00. The Labute approximate surface area is 200 Å². The molecule has 0 aromatic carbocycles. The molecule has 0 aliphatic rings. The van der Waals surface area contributed by atoms with Crippen molar-refractivity contribution in [3.05, 3.63) is 0 Å². The number of nitrogens with two attached hydrogens (primary N) is 1. The van der Waals surface area contributed by atoms with Crippen molar-refractivity contribution < 1.29 is 158 Å². The van der Waals surface area contributed by atoms with Crippen molar-refractivity contribution in [3.63, 3.8) is 0 Å². The van der Waals surface area contributed by atoms with Crippen molar-refractivity contribution in [2.24, 2.45) is 5.73 Å². The minimum atomic E-state index is -5.30. The molecule has 0 atom stereocenters. The van der Waals surface area contributed by atoms with E-state index in [0.29, 0.717) is 0 Å². The smallest absolute Gasteiger partial charge is 1.00 e. The molecule has 14 heteroatoms. The zero-order chi connectivity index (χ0) is 11.6. The summed E-state index contributed by atoms with van der Waals surface area (Å²) in [7, 11) is -10.6. The van der Waals surface area contributed by atoms with Gasteiger partial charge in [0.25, 0.3) is 5.08 Å². The predicted molar refractivity (Wildman–Crippen MR) is 51.8 cm³/mol. The number of hydrogen-bond donors (Lipinski definition) is 6. The average Bonchev–Trinajstić information content (AvgIpc) is 1.95. The molecule has 0 aromatic rings. The zero-order valence-corrected chi connectivity index (χ0v) is 20.9. The van der Waals surface area contributed by atoms with E-state index in [1.807, 2.05) is 0 Å². The van der Waals surface area contributed by atoms with E-state index in [1.54, 1.807) is 0 Å². The van der Waals surface area contributed by atoms with Crippen LogP contribution in [0.2, 0.25) is 0 Å². The molecule has 0 spiro atoms. The Morgan fingerprint density at radius 2 is 1.22 bits per heavy atom. The summed E-state index contributed by atoms with van der Waals surface area (Å²) in [5, 5.41) is 5.91. The van der Waals surface area contributed by atoms with Crippen LogP contribution in [0.3, 0.4) is 0 Å². The maximum atomic E-state index is 10.7. The SMILES string of the molecule is NCCCC(O)(P(=O)(O)O)P(=O)(O)O.[H-].[H-].[H-].[H-].[Na+].[Na+].[Na+].[Na+]. The summed E-state index contributed by atoms with van der Waals surface area (Å²) in [5.74, 6) is 0. The standard InChI is InChI=1S/C4H13NO7P2.4Na.4H/c5-3-1-2-4(6,13(7,8)9)14(10,11)12;;;;;;;;/h6H,1-3,5H2,(H2,7,8,9)(H2,10,11,12);;;;;;;;/q;4*+1;4*-1. The molecular weight excluding hydrogens is 328 g/mol. The second kappa shape index (κ2) is 13.6. The Kier molecular flexibility index (Phi) is 25.6. The molecule has 0 heterocycles. The number of rotatable bonds is 5. The van der Waals surface area contributed by atoms with Gasteiger partial charge < -0.3 is 36.1 Å². The molecule has 0 radical (unpaired) electrons. The van der Waals surface area contributed by atoms with E-state index in [1.165, 1.54) is 0 Å². The van der Waals surface area contributed by atoms with Crippen LogP contribution in [0.25, 0.3) is 0 Å². The second-order valence-corrected chi connectivity index (χ2v) is 6.76. The topological polar surface area (TPSA) is 161 Å². The van der Waals surface area contributed by atoms with Crippen LogP contribution in [0, 0.1) is 0 Å². The van der Waals surface area contributed by atoms with Crippen LogP contribution in [0.1, 0.15) is 18.5 Å². The summed E-state index contributed by atoms with van der Waals surface area (Å²) in [4.78, 5) is 34.5. The molecule has 0 amide bonds. The van der Waals surface area contributed by atoms with Gasteiger partial charge >= 0.3 is 133 Å². The summed E-state index contributed by atoms with van der Waals surface area (Å²) in [6.07, 6.45) is -0.856. The van der Waals surface area contributed by atoms with Crippen LogP contribution < -0.4 is 124 Å². The number of aliphatic hydroxyl groups is 1. The van der Waals surface area contributed by atoms with Crippen LogP contribution in [0.4, 0.5) is 0 Å². The van der Waals surface area contributed by atoms with Gasteiger partial charge in [-0.2, -0.15) is 0 Å². The Morgan fingerprint density at radius 1 is 0.944 bits per heavy atom. The van der Waals surface area contributed by atoms with E-state index in [2.05, 4.69) is 0 Å². The van der Waals surface area contributed by atoms with E-state index in [0.717, 1.165) is 0 Å². The van der Waals surface area contributed by atoms with Crippen molar-refractivity contribution in [1.82, 2.24) is 0 Å². The van der Waals surface area contributed by atoms with Crippen LogP contribution in [-0.2, 0) is 9.13 Å². The fourth-order valence-electron chi connectivity index (χ4n) is 0.800. The first-order valence-electron chi connectivity index (χ1n) is 3.60. The Hall–Kier alpha value is 4.22. The third-order valence-corrected chi connectivity index (χ3v) is 5.53. The van der Waals surface area contributed by atoms with Gasteiger partial charge in [-0.25, -0.2) is 0 Å². The fourth-order valence-corrected chi connectivity index (χ4v) is 3.06. The molecule has 7 N–H and O–H groups in total. The summed E-state index contributed by atoms with van der Waals surface area (Å²) in [6, 6.07) is 0. The summed E-state index contributed by atoms with van der Waals surface area (Å²) < 4.78 is 21.4. The molecule has 0 aromatic heterocycles. The third kappa shape index (κ3) is 10.1. The van der Waals surface area contributed by atoms with E-state index >= 15 is 0 Å². The van der Waals surface area contributed by atoms with Crippen LogP contribution >= 0.6 is 15.2 Å². The minimum absolute atomic E-state index is 0. The number of hydrogen-bond acceptors (Lipinski definition) is 4. The molecule has 0 saturated heterocycles. The molecular formula is C4H17NNa4O7P2. The largest absolute Gasteiger partial charge is 1.00 e. The van der Waals surface area contributed by atoms with Gasteiger partial charge in [-0.15, -0.1) is 0 Å². The third-order valence-electron chi connectivity index (χ3n) is 1.65. The van der Waals surface area contributed by atoms with Gasteiger partial charge in [0.1, 0.15) is 0 Å². The van der Waals surface area contributed by atoms with Crippen LogP contribution in [0.15, 0.2) is 0 Å². The minimum Gasteiger partial charge on any atom is -1.00 e. The van der Waals surface area contributed by atoms with Gasteiger partial charge in [-0.3, -0.25) is 9.13 Å². The Morgan fingerprint density at radius 3 is 1.39 bits per heavy atom. The van der Waals surface area contributed by atoms with E-state index in [4.69, 9.17) is 25.3 Å². The van der Waals surface area contributed by atoms with Gasteiger partial charge in [0.2, 0.25) is 0 Å². The van der Waals surface area contributed by atoms with Crippen molar-refractivity contribution in [3.8, 4) is 0 Å². The molecule has 0 aliphatic heterocycles. The Bertz CT molecular complexity index is 286.